The van der Waals surface area contributed by atoms with Crippen molar-refractivity contribution in [2.24, 2.45) is 5.92 Å². The summed E-state index contributed by atoms with van der Waals surface area (Å²) in [6.07, 6.45) is 2.91. The molecule has 38 heavy (non-hydrogen) atoms. The van der Waals surface area contributed by atoms with Crippen LogP contribution >= 0.6 is 11.6 Å². The number of non-ortho nitro benzene ring substituents is 1. The van der Waals surface area contributed by atoms with Gasteiger partial charge in [-0.1, -0.05) is 25.4 Å². The van der Waals surface area contributed by atoms with Crippen LogP contribution in [0.4, 0.5) is 17.1 Å². The summed E-state index contributed by atoms with van der Waals surface area (Å²) in [4.78, 5) is 39.2. The molecule has 0 unspecified atom stereocenters. The van der Waals surface area contributed by atoms with Crippen LogP contribution in [0.25, 0.3) is 17.4 Å². The SMILES string of the molecule is Cc1cc([N+](=O)[O-])ccc1-c1ccc(/C=C/C(=O)Nc2ccc(N3CCN(C(=O)C(C)C)CC3)c(Cl)c2)o1. The van der Waals surface area contributed by atoms with E-state index in [1.165, 1.54) is 18.2 Å². The molecule has 198 valence electrons. The minimum absolute atomic E-state index is 0.0171. The van der Waals surface area contributed by atoms with E-state index in [0.717, 1.165) is 11.3 Å². The number of nitro benzene ring substituents is 1. The van der Waals surface area contributed by atoms with Gasteiger partial charge in [0, 0.05) is 61.6 Å². The number of furan rings is 1. The van der Waals surface area contributed by atoms with Gasteiger partial charge in [0.25, 0.3) is 5.69 Å². The summed E-state index contributed by atoms with van der Waals surface area (Å²) in [6.45, 7) is 8.26. The van der Waals surface area contributed by atoms with E-state index in [-0.39, 0.29) is 23.4 Å². The molecule has 2 heterocycles. The number of aryl methyl sites for hydroxylation is 1. The van der Waals surface area contributed by atoms with Crippen molar-refractivity contribution in [1.82, 2.24) is 4.90 Å². The predicted octanol–water partition coefficient (Wildman–Crippen LogP) is 5.77. The molecule has 4 rings (SSSR count). The van der Waals surface area contributed by atoms with E-state index >= 15 is 0 Å². The Bertz CT molecular complexity index is 1390. The van der Waals surface area contributed by atoms with Crippen molar-refractivity contribution >= 4 is 46.6 Å². The first-order valence-corrected chi connectivity index (χ1v) is 12.7. The molecule has 1 fully saturated rings. The monoisotopic (exact) mass is 536 g/mol. The molecule has 3 aromatic rings. The quantitative estimate of drug-likeness (QED) is 0.233. The van der Waals surface area contributed by atoms with Crippen LogP contribution in [-0.2, 0) is 9.59 Å². The van der Waals surface area contributed by atoms with Crippen molar-refractivity contribution in [1.29, 1.82) is 0 Å². The number of rotatable bonds is 7. The third-order valence-electron chi connectivity index (χ3n) is 6.35. The number of nitrogens with one attached hydrogen (secondary N) is 1. The van der Waals surface area contributed by atoms with Gasteiger partial charge in [0.15, 0.2) is 0 Å². The average molecular weight is 537 g/mol. The van der Waals surface area contributed by atoms with Crippen molar-refractivity contribution in [3.8, 4) is 11.3 Å². The summed E-state index contributed by atoms with van der Waals surface area (Å²) in [5.41, 5.74) is 2.89. The maximum Gasteiger partial charge on any atom is 0.269 e. The molecule has 1 saturated heterocycles. The maximum atomic E-state index is 12.5. The summed E-state index contributed by atoms with van der Waals surface area (Å²) in [5, 5.41) is 14.3. The van der Waals surface area contributed by atoms with E-state index in [2.05, 4.69) is 10.2 Å². The number of nitrogens with zero attached hydrogens (tertiary/aromatic N) is 3. The normalized spacial score (nSPS) is 13.8. The summed E-state index contributed by atoms with van der Waals surface area (Å²) >= 11 is 6.53. The summed E-state index contributed by atoms with van der Waals surface area (Å²) in [6, 6.07) is 13.4. The molecule has 0 radical (unpaired) electrons. The summed E-state index contributed by atoms with van der Waals surface area (Å²) in [7, 11) is 0. The second kappa shape index (κ2) is 11.5. The smallest absolute Gasteiger partial charge is 0.269 e. The lowest BCUT2D eigenvalue weighted by Crippen LogP contribution is -2.50. The molecule has 0 atom stereocenters. The Morgan fingerprint density at radius 2 is 1.82 bits per heavy atom. The topological polar surface area (TPSA) is 109 Å². The Balaban J connectivity index is 1.35. The minimum atomic E-state index is -0.440. The van der Waals surface area contributed by atoms with Crippen LogP contribution in [0.5, 0.6) is 0 Å². The van der Waals surface area contributed by atoms with Crippen LogP contribution in [0, 0.1) is 23.0 Å². The molecular formula is C28H29ClN4O5. The molecule has 2 amide bonds. The zero-order chi connectivity index (χ0) is 27.4. The van der Waals surface area contributed by atoms with Crippen molar-refractivity contribution < 1.29 is 18.9 Å². The van der Waals surface area contributed by atoms with E-state index in [9.17, 15) is 19.7 Å². The molecule has 1 aliphatic rings. The van der Waals surface area contributed by atoms with Crippen molar-refractivity contribution in [2.45, 2.75) is 20.8 Å². The number of carbonyl (C=O) groups excluding carboxylic acids is 2. The number of hydrogen-bond donors (Lipinski definition) is 1. The lowest BCUT2D eigenvalue weighted by Gasteiger charge is -2.37. The number of nitro groups is 1. The van der Waals surface area contributed by atoms with Gasteiger partial charge in [-0.2, -0.15) is 0 Å². The third-order valence-corrected chi connectivity index (χ3v) is 6.66. The lowest BCUT2D eigenvalue weighted by atomic mass is 10.1. The first kappa shape index (κ1) is 26.9. The second-order valence-electron chi connectivity index (χ2n) is 9.41. The molecule has 10 heteroatoms. The van der Waals surface area contributed by atoms with Crippen molar-refractivity contribution in [3.63, 3.8) is 0 Å². The van der Waals surface area contributed by atoms with E-state index < -0.39 is 4.92 Å². The highest BCUT2D eigenvalue weighted by molar-refractivity contribution is 6.33. The zero-order valence-corrected chi connectivity index (χ0v) is 22.2. The van der Waals surface area contributed by atoms with Crippen LogP contribution in [0.3, 0.4) is 0 Å². The summed E-state index contributed by atoms with van der Waals surface area (Å²) in [5.74, 6) is 0.815. The highest BCUT2D eigenvalue weighted by Crippen LogP contribution is 2.31. The van der Waals surface area contributed by atoms with Gasteiger partial charge in [0.05, 0.1) is 15.6 Å². The number of amides is 2. The van der Waals surface area contributed by atoms with E-state index in [1.54, 1.807) is 43.3 Å². The van der Waals surface area contributed by atoms with Crippen LogP contribution in [0.2, 0.25) is 5.02 Å². The Morgan fingerprint density at radius 1 is 1.08 bits per heavy atom. The Hall–Kier alpha value is -4.11. The molecule has 1 N–H and O–H groups in total. The van der Waals surface area contributed by atoms with Crippen molar-refractivity contribution in [3.05, 3.63) is 81.1 Å². The van der Waals surface area contributed by atoms with Gasteiger partial charge in [-0.3, -0.25) is 19.7 Å². The number of benzene rings is 2. The van der Waals surface area contributed by atoms with Crippen LogP contribution in [0.1, 0.15) is 25.2 Å². The maximum absolute atomic E-state index is 12.5. The van der Waals surface area contributed by atoms with Crippen molar-refractivity contribution in [2.75, 3.05) is 36.4 Å². The van der Waals surface area contributed by atoms with Gasteiger partial charge >= 0.3 is 0 Å². The third kappa shape index (κ3) is 6.23. The average Bonchev–Trinajstić information content (AvgIpc) is 3.36. The minimum Gasteiger partial charge on any atom is -0.457 e. The molecule has 0 bridgehead atoms. The Labute approximate surface area is 225 Å². The lowest BCUT2D eigenvalue weighted by molar-refractivity contribution is -0.384. The van der Waals surface area contributed by atoms with Crippen LogP contribution < -0.4 is 10.2 Å². The van der Waals surface area contributed by atoms with Gasteiger partial charge in [0.1, 0.15) is 11.5 Å². The first-order valence-electron chi connectivity index (χ1n) is 12.3. The first-order chi connectivity index (χ1) is 18.1. The molecule has 2 aromatic carbocycles. The predicted molar refractivity (Wildman–Crippen MR) is 148 cm³/mol. The highest BCUT2D eigenvalue weighted by atomic mass is 35.5. The molecule has 0 spiro atoms. The van der Waals surface area contributed by atoms with E-state index in [0.29, 0.717) is 54.0 Å². The van der Waals surface area contributed by atoms with E-state index in [4.69, 9.17) is 16.0 Å². The van der Waals surface area contributed by atoms with Crippen LogP contribution in [-0.4, -0.2) is 47.8 Å². The zero-order valence-electron chi connectivity index (χ0n) is 21.4. The molecule has 0 aliphatic carbocycles. The molecule has 0 saturated carbocycles. The van der Waals surface area contributed by atoms with Gasteiger partial charge in [0.2, 0.25) is 11.8 Å². The molecule has 1 aliphatic heterocycles. The number of hydrogen-bond acceptors (Lipinski definition) is 6. The fraction of sp³-hybridized carbons (Fsp3) is 0.286. The number of carbonyl (C=O) groups is 2. The molecular weight excluding hydrogens is 508 g/mol. The molecule has 9 nitrogen and oxygen atoms in total. The largest absolute Gasteiger partial charge is 0.457 e. The van der Waals surface area contributed by atoms with Gasteiger partial charge in [-0.05, 0) is 55.0 Å². The number of piperazine rings is 1. The second-order valence-corrected chi connectivity index (χ2v) is 9.82. The fourth-order valence-corrected chi connectivity index (χ4v) is 4.64. The highest BCUT2D eigenvalue weighted by Gasteiger charge is 2.24. The summed E-state index contributed by atoms with van der Waals surface area (Å²) < 4.78 is 5.80. The van der Waals surface area contributed by atoms with Gasteiger partial charge in [-0.25, -0.2) is 0 Å². The Morgan fingerprint density at radius 3 is 2.45 bits per heavy atom. The van der Waals surface area contributed by atoms with Gasteiger partial charge < -0.3 is 19.5 Å². The standard InChI is InChI=1S/C28H29ClN4O5/c1-18(2)28(35)32-14-12-31(13-15-32)25-9-4-20(17-24(25)29)30-27(34)11-7-22-6-10-26(38-22)23-8-5-21(33(36)37)16-19(23)3/h4-11,16-18H,12-15H2,1-3H3,(H,30,34)/b11-7+. The van der Waals surface area contributed by atoms with Crippen LogP contribution in [0.15, 0.2) is 59.0 Å². The Kier molecular flexibility index (Phi) is 8.16. The fourth-order valence-electron chi connectivity index (χ4n) is 4.34. The van der Waals surface area contributed by atoms with E-state index in [1.807, 2.05) is 24.8 Å². The molecule has 1 aromatic heterocycles. The number of anilines is 2. The number of halogens is 1. The van der Waals surface area contributed by atoms with Gasteiger partial charge in [-0.15, -0.1) is 0 Å².